The molecule has 18 heavy (non-hydrogen) atoms. The predicted octanol–water partition coefficient (Wildman–Crippen LogP) is 1.78. The standard InChI is InChI=1S/C12H14N2OS.H3N.Ni/c1-9(8-10(2)15)13-14-12(16)11-6-4-3-5-7-11;;/h3-8,15H,1-2H3,(H,14,16);1H3;/q;;+2/p-2/b10-8-,13-9+;;. The first-order chi connectivity index (χ1) is 7.59. The van der Waals surface area contributed by atoms with Crippen LogP contribution in [0.2, 0.25) is 0 Å². The van der Waals surface area contributed by atoms with E-state index < -0.39 is 0 Å². The van der Waals surface area contributed by atoms with E-state index >= 15 is 0 Å². The predicted molar refractivity (Wildman–Crippen MR) is 72.2 cm³/mol. The van der Waals surface area contributed by atoms with E-state index in [0.717, 1.165) is 5.56 Å². The number of hydrogen-bond acceptors (Lipinski definition) is 5. The zero-order chi connectivity index (χ0) is 12.0. The van der Waals surface area contributed by atoms with Gasteiger partial charge in [-0.15, -0.1) is 5.76 Å². The summed E-state index contributed by atoms with van der Waals surface area (Å²) in [5.74, 6) is -0.0536. The van der Waals surface area contributed by atoms with Crippen molar-refractivity contribution < 1.29 is 21.6 Å². The molecule has 1 rings (SSSR count). The van der Waals surface area contributed by atoms with E-state index in [1.165, 1.54) is 13.0 Å². The summed E-state index contributed by atoms with van der Waals surface area (Å²) in [6, 6.07) is 9.41. The summed E-state index contributed by atoms with van der Waals surface area (Å²) < 4.78 is 0. The molecular formula is C12H15N3NiOS. The second kappa shape index (κ2) is 9.77. The first kappa shape index (κ1) is 19.1. The number of nitrogens with zero attached hydrogens (tertiary/aromatic N) is 2. The minimum absolute atomic E-state index is 0. The Labute approximate surface area is 123 Å². The van der Waals surface area contributed by atoms with Gasteiger partial charge in [0.15, 0.2) is 0 Å². The van der Waals surface area contributed by atoms with Crippen LogP contribution in [0.15, 0.2) is 52.4 Å². The summed E-state index contributed by atoms with van der Waals surface area (Å²) in [5, 5.41) is 18.9. The van der Waals surface area contributed by atoms with Crippen LogP contribution in [0.1, 0.15) is 19.4 Å². The van der Waals surface area contributed by atoms with E-state index in [0.29, 0.717) is 10.8 Å². The molecule has 0 spiro atoms. The Balaban J connectivity index is 0. The third-order valence-electron chi connectivity index (χ3n) is 1.73. The van der Waals surface area contributed by atoms with Gasteiger partial charge in [0, 0.05) is 0 Å². The first-order valence-electron chi connectivity index (χ1n) is 4.79. The Kier molecular flexibility index (Phi) is 10.4. The third kappa shape index (κ3) is 7.17. The van der Waals surface area contributed by atoms with E-state index in [1.54, 1.807) is 6.92 Å². The number of rotatable bonds is 3. The average molecular weight is 308 g/mol. The van der Waals surface area contributed by atoms with Gasteiger partial charge in [-0.2, -0.15) is 10.2 Å². The van der Waals surface area contributed by atoms with Crippen molar-refractivity contribution in [3.05, 3.63) is 47.7 Å². The molecule has 6 heteroatoms. The molecule has 1 aromatic carbocycles. The van der Waals surface area contributed by atoms with Crippen LogP contribution in [0.3, 0.4) is 0 Å². The van der Waals surface area contributed by atoms with Crippen LogP contribution < -0.4 is 11.3 Å². The van der Waals surface area contributed by atoms with Gasteiger partial charge >= 0.3 is 16.5 Å². The fourth-order valence-electron chi connectivity index (χ4n) is 1.09. The van der Waals surface area contributed by atoms with Crippen molar-refractivity contribution in [3.63, 3.8) is 0 Å². The van der Waals surface area contributed by atoms with Crippen LogP contribution in [0, 0.1) is 0 Å². The van der Waals surface area contributed by atoms with Gasteiger partial charge in [-0.3, -0.25) is 0 Å². The second-order valence-electron chi connectivity index (χ2n) is 3.27. The number of benzene rings is 1. The molecule has 4 nitrogen and oxygen atoms in total. The third-order valence-corrected chi connectivity index (χ3v) is 2.05. The van der Waals surface area contributed by atoms with Gasteiger partial charge in [-0.1, -0.05) is 48.4 Å². The molecule has 100 valence electrons. The molecule has 0 aliphatic carbocycles. The maximum atomic E-state index is 10.8. The van der Waals surface area contributed by atoms with E-state index in [1.807, 2.05) is 30.3 Å². The van der Waals surface area contributed by atoms with Crippen LogP contribution in [0.25, 0.3) is 0 Å². The summed E-state index contributed by atoms with van der Waals surface area (Å²) in [5.41, 5.74) is 1.39. The topological polar surface area (TPSA) is 82.8 Å². The summed E-state index contributed by atoms with van der Waals surface area (Å²) >= 11 is 5.08. The van der Waals surface area contributed by atoms with Crippen molar-refractivity contribution in [1.82, 2.24) is 6.15 Å². The molecule has 0 bridgehead atoms. The van der Waals surface area contributed by atoms with Crippen LogP contribution in [0.4, 0.5) is 0 Å². The van der Waals surface area contributed by atoms with Crippen molar-refractivity contribution in [3.8, 4) is 0 Å². The quantitative estimate of drug-likeness (QED) is 0.231. The molecule has 0 saturated heterocycles. The molecule has 3 N–H and O–H groups in total. The Morgan fingerprint density at radius 2 is 1.72 bits per heavy atom. The van der Waals surface area contributed by atoms with E-state index in [-0.39, 0.29) is 28.4 Å². The van der Waals surface area contributed by atoms with Crippen molar-refractivity contribution in [2.75, 3.05) is 0 Å². The maximum Gasteiger partial charge on any atom is 2.00 e. The number of hydrogen-bond donors (Lipinski definition) is 1. The summed E-state index contributed by atoms with van der Waals surface area (Å²) in [7, 11) is 0. The van der Waals surface area contributed by atoms with Crippen molar-refractivity contribution >= 4 is 23.4 Å². The molecule has 1 aromatic rings. The van der Waals surface area contributed by atoms with Crippen molar-refractivity contribution in [2.45, 2.75) is 13.8 Å². The van der Waals surface area contributed by atoms with Crippen LogP contribution in [0.5, 0.6) is 0 Å². The van der Waals surface area contributed by atoms with Gasteiger partial charge in [0.25, 0.3) is 0 Å². The smallest absolute Gasteiger partial charge is 0.876 e. The van der Waals surface area contributed by atoms with Crippen molar-refractivity contribution in [1.29, 1.82) is 0 Å². The zero-order valence-corrected chi connectivity index (χ0v) is 12.0. The Hall–Kier alpha value is -1.23. The van der Waals surface area contributed by atoms with Gasteiger partial charge in [0.1, 0.15) is 0 Å². The summed E-state index contributed by atoms with van der Waals surface area (Å²) in [6.07, 6.45) is 1.41. The maximum absolute atomic E-state index is 10.8. The van der Waals surface area contributed by atoms with E-state index in [9.17, 15) is 5.11 Å². The summed E-state index contributed by atoms with van der Waals surface area (Å²) in [4.78, 5) is 0. The molecule has 0 radical (unpaired) electrons. The summed E-state index contributed by atoms with van der Waals surface area (Å²) in [6.45, 7) is 3.17. The monoisotopic (exact) mass is 307 g/mol. The molecule has 0 aromatic heterocycles. The molecule has 0 amide bonds. The van der Waals surface area contributed by atoms with Crippen LogP contribution in [-0.2, 0) is 29.1 Å². The molecule has 0 aliphatic rings. The van der Waals surface area contributed by atoms with Crippen LogP contribution >= 0.6 is 0 Å². The first-order valence-corrected chi connectivity index (χ1v) is 5.20. The SMILES string of the molecule is C/C([O-])=C/C(C)=N/N=C(\[S-])c1ccccc1.N.[Ni+2]. The van der Waals surface area contributed by atoms with E-state index in [2.05, 4.69) is 10.2 Å². The Morgan fingerprint density at radius 3 is 2.22 bits per heavy atom. The Bertz CT molecular complexity index is 440. The van der Waals surface area contributed by atoms with Gasteiger partial charge in [-0.25, -0.2) is 0 Å². The average Bonchev–Trinajstić information content (AvgIpc) is 2.26. The molecule has 0 aliphatic heterocycles. The van der Waals surface area contributed by atoms with E-state index in [4.69, 9.17) is 12.6 Å². The Morgan fingerprint density at radius 1 is 1.17 bits per heavy atom. The zero-order valence-electron chi connectivity index (χ0n) is 10.2. The van der Waals surface area contributed by atoms with Gasteiger partial charge in [0.2, 0.25) is 0 Å². The van der Waals surface area contributed by atoms with Gasteiger partial charge < -0.3 is 23.9 Å². The largest absolute Gasteiger partial charge is 2.00 e. The normalized spacial score (nSPS) is 12.4. The minimum Gasteiger partial charge on any atom is -0.876 e. The van der Waals surface area contributed by atoms with Gasteiger partial charge in [-0.05, 0) is 12.5 Å². The van der Waals surface area contributed by atoms with Crippen molar-refractivity contribution in [2.24, 2.45) is 10.2 Å². The number of allylic oxidation sites excluding steroid dienone is 2. The minimum atomic E-state index is -0.0536. The molecule has 0 heterocycles. The molecule has 0 atom stereocenters. The molecule has 0 fully saturated rings. The second-order valence-corrected chi connectivity index (χ2v) is 3.65. The fraction of sp³-hybridized carbons (Fsp3) is 0.167. The van der Waals surface area contributed by atoms with Crippen LogP contribution in [-0.4, -0.2) is 10.8 Å². The van der Waals surface area contributed by atoms with Gasteiger partial charge in [0.05, 0.1) is 5.71 Å². The molecule has 0 saturated carbocycles. The molecular weight excluding hydrogens is 293 g/mol. The fourth-order valence-corrected chi connectivity index (χ4v) is 1.26. The molecule has 0 unspecified atom stereocenters.